The Morgan fingerprint density at radius 2 is 1.89 bits per heavy atom. The summed E-state index contributed by atoms with van der Waals surface area (Å²) in [7, 11) is 1.42. The van der Waals surface area contributed by atoms with Gasteiger partial charge < -0.3 is 9.84 Å². The van der Waals surface area contributed by atoms with Crippen molar-refractivity contribution in [3.05, 3.63) is 59.3 Å². The second-order valence-corrected chi connectivity index (χ2v) is 9.05. The number of imide groups is 1. The Morgan fingerprint density at radius 3 is 2.54 bits per heavy atom. The van der Waals surface area contributed by atoms with Crippen LogP contribution in [0.5, 0.6) is 11.5 Å². The van der Waals surface area contributed by atoms with Gasteiger partial charge in [-0.3, -0.25) is 14.5 Å². The van der Waals surface area contributed by atoms with E-state index >= 15 is 0 Å². The summed E-state index contributed by atoms with van der Waals surface area (Å²) in [6.07, 6.45) is 1.57. The fraction of sp³-hybridized carbons (Fsp3) is 0.111. The summed E-state index contributed by atoms with van der Waals surface area (Å²) < 4.78 is 6.04. The topological polar surface area (TPSA) is 66.8 Å². The van der Waals surface area contributed by atoms with E-state index in [0.29, 0.717) is 30.1 Å². The Hall–Kier alpha value is -1.19. The van der Waals surface area contributed by atoms with Gasteiger partial charge in [-0.05, 0) is 79.0 Å². The van der Waals surface area contributed by atoms with Gasteiger partial charge in [-0.25, -0.2) is 0 Å². The molecule has 10 heteroatoms. The minimum absolute atomic E-state index is 0.0701. The summed E-state index contributed by atoms with van der Waals surface area (Å²) in [5.74, 6) is -0.258. The average Bonchev–Trinajstić information content (AvgIpc) is 2.92. The Bertz CT molecular complexity index is 1030. The van der Waals surface area contributed by atoms with E-state index in [9.17, 15) is 14.7 Å². The molecule has 2 aromatic rings. The number of hydrogen-bond acceptors (Lipinski definition) is 5. The number of rotatable bonds is 4. The number of methoxy groups -OCH3 is 1. The summed E-state index contributed by atoms with van der Waals surface area (Å²) >= 11 is 19.4. The molecule has 0 atom stereocenters. The van der Waals surface area contributed by atoms with Gasteiger partial charge in [0.2, 0.25) is 0 Å². The standard InChI is InChI=1S/C18H11Br2Cl2NO4S/c1-27-12-5-9(14(19)15(20)16(12)24)6-13-17(25)23(18(26)28-13)7-8-2-3-10(21)11(22)4-8/h2-6,24H,7H2,1H3/b13-6-. The molecule has 0 aromatic heterocycles. The lowest BCUT2D eigenvalue weighted by Gasteiger charge is -2.13. The average molecular weight is 568 g/mol. The van der Waals surface area contributed by atoms with Gasteiger partial charge in [0.25, 0.3) is 11.1 Å². The predicted octanol–water partition coefficient (Wildman–Crippen LogP) is 6.47. The molecule has 1 fully saturated rings. The lowest BCUT2D eigenvalue weighted by molar-refractivity contribution is -0.123. The zero-order valence-corrected chi connectivity index (χ0v) is 19.6. The first-order valence-electron chi connectivity index (χ1n) is 7.67. The van der Waals surface area contributed by atoms with E-state index in [-0.39, 0.29) is 28.2 Å². The fourth-order valence-corrected chi connectivity index (χ4v) is 4.46. The predicted molar refractivity (Wildman–Crippen MR) is 118 cm³/mol. The third kappa shape index (κ3) is 4.21. The van der Waals surface area contributed by atoms with E-state index in [4.69, 9.17) is 27.9 Å². The molecule has 0 spiro atoms. The number of amides is 2. The van der Waals surface area contributed by atoms with Gasteiger partial charge in [-0.1, -0.05) is 29.3 Å². The first kappa shape index (κ1) is 21.5. The van der Waals surface area contributed by atoms with Gasteiger partial charge in [0, 0.05) is 4.47 Å². The van der Waals surface area contributed by atoms with E-state index in [1.807, 2.05) is 0 Å². The van der Waals surface area contributed by atoms with Gasteiger partial charge in [0.1, 0.15) is 0 Å². The lowest BCUT2D eigenvalue weighted by atomic mass is 10.1. The highest BCUT2D eigenvalue weighted by atomic mass is 79.9. The number of nitrogens with zero attached hydrogens (tertiary/aromatic N) is 1. The highest BCUT2D eigenvalue weighted by Crippen LogP contribution is 2.43. The maximum absolute atomic E-state index is 12.7. The summed E-state index contributed by atoms with van der Waals surface area (Å²) in [6.45, 7) is 0.0860. The number of phenolic OH excluding ortho intramolecular Hbond substituents is 1. The highest BCUT2D eigenvalue weighted by Gasteiger charge is 2.35. The van der Waals surface area contributed by atoms with Crippen molar-refractivity contribution in [1.82, 2.24) is 4.90 Å². The van der Waals surface area contributed by atoms with E-state index in [1.54, 1.807) is 30.3 Å². The zero-order chi connectivity index (χ0) is 20.6. The van der Waals surface area contributed by atoms with Crippen LogP contribution in [0.25, 0.3) is 6.08 Å². The molecule has 0 aliphatic carbocycles. The van der Waals surface area contributed by atoms with Gasteiger partial charge in [0.15, 0.2) is 11.5 Å². The van der Waals surface area contributed by atoms with Crippen molar-refractivity contribution in [3.8, 4) is 11.5 Å². The van der Waals surface area contributed by atoms with Gasteiger partial charge in [-0.2, -0.15) is 0 Å². The number of hydrogen-bond donors (Lipinski definition) is 1. The number of carbonyl (C=O) groups is 2. The Morgan fingerprint density at radius 1 is 1.18 bits per heavy atom. The number of phenols is 1. The number of halogens is 4. The summed E-state index contributed by atoms with van der Waals surface area (Å²) in [5, 5.41) is 10.4. The van der Waals surface area contributed by atoms with Crippen molar-refractivity contribution in [2.24, 2.45) is 0 Å². The highest BCUT2D eigenvalue weighted by molar-refractivity contribution is 9.13. The molecule has 3 rings (SSSR count). The maximum atomic E-state index is 12.7. The van der Waals surface area contributed by atoms with Crippen molar-refractivity contribution in [3.63, 3.8) is 0 Å². The largest absolute Gasteiger partial charge is 0.503 e. The van der Waals surface area contributed by atoms with Gasteiger partial charge in [0.05, 0.1) is 33.1 Å². The normalized spacial score (nSPS) is 15.6. The Kier molecular flexibility index (Phi) is 6.66. The molecule has 0 saturated carbocycles. The SMILES string of the molecule is COc1cc(/C=C2\SC(=O)N(Cc3ccc(Cl)c(Cl)c3)C2=O)c(Br)c(Br)c1O. The lowest BCUT2D eigenvalue weighted by Crippen LogP contribution is -2.27. The number of carbonyl (C=O) groups excluding carboxylic acids is 2. The minimum atomic E-state index is -0.420. The third-order valence-electron chi connectivity index (χ3n) is 3.88. The van der Waals surface area contributed by atoms with Crippen LogP contribution in [0, 0.1) is 0 Å². The van der Waals surface area contributed by atoms with Crippen molar-refractivity contribution in [2.45, 2.75) is 6.54 Å². The van der Waals surface area contributed by atoms with Crippen LogP contribution in [-0.4, -0.2) is 28.3 Å². The van der Waals surface area contributed by atoms with Gasteiger partial charge in [-0.15, -0.1) is 0 Å². The summed E-state index contributed by atoms with van der Waals surface area (Å²) in [6, 6.07) is 6.51. The molecular formula is C18H11Br2Cl2NO4S. The summed E-state index contributed by atoms with van der Waals surface area (Å²) in [4.78, 5) is 26.5. The Balaban J connectivity index is 1.91. The number of ether oxygens (including phenoxy) is 1. The van der Waals surface area contributed by atoms with E-state index in [1.165, 1.54) is 7.11 Å². The molecule has 5 nitrogen and oxygen atoms in total. The fourth-order valence-electron chi connectivity index (χ4n) is 2.47. The van der Waals surface area contributed by atoms with Gasteiger partial charge >= 0.3 is 0 Å². The molecule has 1 aliphatic heterocycles. The molecule has 1 saturated heterocycles. The van der Waals surface area contributed by atoms with Crippen molar-refractivity contribution < 1.29 is 19.4 Å². The van der Waals surface area contributed by atoms with E-state index < -0.39 is 5.91 Å². The molecule has 28 heavy (non-hydrogen) atoms. The summed E-state index contributed by atoms with van der Waals surface area (Å²) in [5.41, 5.74) is 1.26. The molecule has 2 aromatic carbocycles. The van der Waals surface area contributed by atoms with E-state index in [2.05, 4.69) is 31.9 Å². The number of aromatic hydroxyl groups is 1. The first-order chi connectivity index (χ1) is 13.2. The molecule has 2 amide bonds. The molecular weight excluding hydrogens is 557 g/mol. The molecule has 0 unspecified atom stereocenters. The van der Waals surface area contributed by atoms with Crippen LogP contribution in [-0.2, 0) is 11.3 Å². The smallest absolute Gasteiger partial charge is 0.293 e. The first-order valence-corrected chi connectivity index (χ1v) is 10.8. The van der Waals surface area contributed by atoms with Crippen LogP contribution in [0.3, 0.4) is 0 Å². The van der Waals surface area contributed by atoms with Crippen molar-refractivity contribution in [2.75, 3.05) is 7.11 Å². The van der Waals surface area contributed by atoms with Crippen LogP contribution < -0.4 is 4.74 Å². The molecule has 0 bridgehead atoms. The van der Waals surface area contributed by atoms with Crippen LogP contribution in [0.4, 0.5) is 4.79 Å². The monoisotopic (exact) mass is 565 g/mol. The molecule has 1 N–H and O–H groups in total. The van der Waals surface area contributed by atoms with Crippen LogP contribution in [0.2, 0.25) is 10.0 Å². The Labute approximate surface area is 191 Å². The third-order valence-corrected chi connectivity index (χ3v) is 7.68. The van der Waals surface area contributed by atoms with Crippen LogP contribution in [0.1, 0.15) is 11.1 Å². The quantitative estimate of drug-likeness (QED) is 0.429. The minimum Gasteiger partial charge on any atom is -0.503 e. The second kappa shape index (κ2) is 8.67. The van der Waals surface area contributed by atoms with Crippen LogP contribution in [0.15, 0.2) is 38.1 Å². The van der Waals surface area contributed by atoms with E-state index in [0.717, 1.165) is 16.7 Å². The van der Waals surface area contributed by atoms with Crippen LogP contribution >= 0.6 is 66.8 Å². The molecule has 146 valence electrons. The van der Waals surface area contributed by atoms with Crippen molar-refractivity contribution >= 4 is 84.0 Å². The second-order valence-electron chi connectivity index (χ2n) is 5.66. The molecule has 1 aliphatic rings. The number of thioether (sulfide) groups is 1. The van der Waals surface area contributed by atoms with Crippen molar-refractivity contribution in [1.29, 1.82) is 0 Å². The molecule has 1 heterocycles. The zero-order valence-electron chi connectivity index (χ0n) is 14.1. The number of benzene rings is 2. The maximum Gasteiger partial charge on any atom is 0.293 e. The molecule has 0 radical (unpaired) electrons.